The first-order chi connectivity index (χ1) is 7.77. The molecule has 2 aromatic rings. The highest BCUT2D eigenvalue weighted by Gasteiger charge is 2.09. The van der Waals surface area contributed by atoms with E-state index in [-0.39, 0.29) is 6.04 Å². The molecule has 1 unspecified atom stereocenters. The molecule has 0 aliphatic heterocycles. The maximum absolute atomic E-state index is 6.04. The molecule has 0 amide bonds. The van der Waals surface area contributed by atoms with Gasteiger partial charge in [-0.1, -0.05) is 24.3 Å². The SMILES string of the molecule is Cc1ccccc1CCC(N)c1ccco1. The van der Waals surface area contributed by atoms with Crippen LogP contribution < -0.4 is 5.73 Å². The molecule has 1 aromatic heterocycles. The average Bonchev–Trinajstić information content (AvgIpc) is 2.81. The third-order valence-corrected chi connectivity index (χ3v) is 2.89. The summed E-state index contributed by atoms with van der Waals surface area (Å²) in [5.41, 5.74) is 8.74. The second-order valence-corrected chi connectivity index (χ2v) is 4.09. The summed E-state index contributed by atoms with van der Waals surface area (Å²) < 4.78 is 5.29. The van der Waals surface area contributed by atoms with Gasteiger partial charge >= 0.3 is 0 Å². The number of benzene rings is 1. The van der Waals surface area contributed by atoms with Crippen LogP contribution in [0.5, 0.6) is 0 Å². The van der Waals surface area contributed by atoms with Gasteiger partial charge in [0, 0.05) is 0 Å². The van der Waals surface area contributed by atoms with E-state index in [1.807, 2.05) is 12.1 Å². The molecule has 1 aromatic carbocycles. The minimum absolute atomic E-state index is 0.00499. The van der Waals surface area contributed by atoms with Gasteiger partial charge in [-0.15, -0.1) is 0 Å². The standard InChI is InChI=1S/C14H17NO/c1-11-5-2-3-6-12(11)8-9-13(15)14-7-4-10-16-14/h2-7,10,13H,8-9,15H2,1H3. The Balaban J connectivity index is 1.95. The first-order valence-corrected chi connectivity index (χ1v) is 5.61. The summed E-state index contributed by atoms with van der Waals surface area (Å²) in [6, 6.07) is 12.2. The van der Waals surface area contributed by atoms with Gasteiger partial charge in [-0.25, -0.2) is 0 Å². The second kappa shape index (κ2) is 4.99. The molecule has 0 aliphatic carbocycles. The van der Waals surface area contributed by atoms with Crippen molar-refractivity contribution in [3.63, 3.8) is 0 Å². The Kier molecular flexibility index (Phi) is 3.42. The van der Waals surface area contributed by atoms with Crippen LogP contribution in [0.25, 0.3) is 0 Å². The van der Waals surface area contributed by atoms with Crippen molar-refractivity contribution < 1.29 is 4.42 Å². The zero-order valence-electron chi connectivity index (χ0n) is 9.52. The quantitative estimate of drug-likeness (QED) is 0.850. The van der Waals surface area contributed by atoms with Gasteiger partial charge in [-0.05, 0) is 43.0 Å². The number of aryl methyl sites for hydroxylation is 2. The van der Waals surface area contributed by atoms with Gasteiger partial charge in [0.2, 0.25) is 0 Å². The summed E-state index contributed by atoms with van der Waals surface area (Å²) in [4.78, 5) is 0. The van der Waals surface area contributed by atoms with Crippen molar-refractivity contribution >= 4 is 0 Å². The molecule has 0 radical (unpaired) electrons. The maximum atomic E-state index is 6.04. The third kappa shape index (κ3) is 2.52. The molecular formula is C14H17NO. The molecule has 2 heteroatoms. The zero-order valence-corrected chi connectivity index (χ0v) is 9.52. The van der Waals surface area contributed by atoms with Crippen molar-refractivity contribution in [1.82, 2.24) is 0 Å². The van der Waals surface area contributed by atoms with Crippen LogP contribution in [-0.4, -0.2) is 0 Å². The highest BCUT2D eigenvalue weighted by atomic mass is 16.3. The summed E-state index contributed by atoms with van der Waals surface area (Å²) in [5.74, 6) is 0.869. The molecule has 16 heavy (non-hydrogen) atoms. The van der Waals surface area contributed by atoms with Crippen LogP contribution in [0.3, 0.4) is 0 Å². The molecule has 2 nitrogen and oxygen atoms in total. The number of furan rings is 1. The fraction of sp³-hybridized carbons (Fsp3) is 0.286. The van der Waals surface area contributed by atoms with Crippen LogP contribution in [0.1, 0.15) is 29.3 Å². The van der Waals surface area contributed by atoms with E-state index in [1.165, 1.54) is 11.1 Å². The van der Waals surface area contributed by atoms with E-state index in [0.29, 0.717) is 0 Å². The summed E-state index contributed by atoms with van der Waals surface area (Å²) >= 11 is 0. The molecule has 1 heterocycles. The molecule has 0 bridgehead atoms. The van der Waals surface area contributed by atoms with Gasteiger partial charge < -0.3 is 10.2 Å². The highest BCUT2D eigenvalue weighted by molar-refractivity contribution is 5.25. The van der Waals surface area contributed by atoms with E-state index < -0.39 is 0 Å². The molecule has 2 N–H and O–H groups in total. The minimum Gasteiger partial charge on any atom is -0.468 e. The van der Waals surface area contributed by atoms with Crippen molar-refractivity contribution in [3.05, 3.63) is 59.5 Å². The summed E-state index contributed by atoms with van der Waals surface area (Å²) in [7, 11) is 0. The summed E-state index contributed by atoms with van der Waals surface area (Å²) in [6.07, 6.45) is 3.58. The lowest BCUT2D eigenvalue weighted by Gasteiger charge is -2.10. The Hall–Kier alpha value is -1.54. The summed E-state index contributed by atoms with van der Waals surface area (Å²) in [6.45, 7) is 2.13. The van der Waals surface area contributed by atoms with Crippen LogP contribution >= 0.6 is 0 Å². The van der Waals surface area contributed by atoms with Gasteiger partial charge in [0.15, 0.2) is 0 Å². The normalized spacial score (nSPS) is 12.6. The molecule has 0 saturated carbocycles. The van der Waals surface area contributed by atoms with Gasteiger partial charge in [-0.2, -0.15) is 0 Å². The minimum atomic E-state index is -0.00499. The van der Waals surface area contributed by atoms with Crippen LogP contribution in [0.4, 0.5) is 0 Å². The Morgan fingerprint density at radius 3 is 2.69 bits per heavy atom. The predicted molar refractivity (Wildman–Crippen MR) is 65.1 cm³/mol. The molecule has 2 rings (SSSR count). The van der Waals surface area contributed by atoms with Crippen molar-refractivity contribution in [2.75, 3.05) is 0 Å². The Bertz CT molecular complexity index is 434. The predicted octanol–water partition coefficient (Wildman–Crippen LogP) is 3.22. The maximum Gasteiger partial charge on any atom is 0.120 e. The van der Waals surface area contributed by atoms with Crippen LogP contribution in [0.2, 0.25) is 0 Å². The van der Waals surface area contributed by atoms with Crippen molar-refractivity contribution in [3.8, 4) is 0 Å². The monoisotopic (exact) mass is 215 g/mol. The Labute approximate surface area is 96.1 Å². The largest absolute Gasteiger partial charge is 0.468 e. The summed E-state index contributed by atoms with van der Waals surface area (Å²) in [5, 5.41) is 0. The lowest BCUT2D eigenvalue weighted by Crippen LogP contribution is -2.10. The third-order valence-electron chi connectivity index (χ3n) is 2.89. The van der Waals surface area contributed by atoms with Crippen LogP contribution in [0, 0.1) is 6.92 Å². The van der Waals surface area contributed by atoms with E-state index in [2.05, 4.69) is 31.2 Å². The average molecular weight is 215 g/mol. The van der Waals surface area contributed by atoms with Gasteiger partial charge in [0.25, 0.3) is 0 Å². The fourth-order valence-corrected chi connectivity index (χ4v) is 1.85. The molecule has 0 saturated heterocycles. The first kappa shape index (κ1) is 11.0. The zero-order chi connectivity index (χ0) is 11.4. The Morgan fingerprint density at radius 1 is 1.19 bits per heavy atom. The second-order valence-electron chi connectivity index (χ2n) is 4.09. The van der Waals surface area contributed by atoms with Crippen LogP contribution in [0.15, 0.2) is 47.1 Å². The van der Waals surface area contributed by atoms with Gasteiger partial charge in [-0.3, -0.25) is 0 Å². The molecular weight excluding hydrogens is 198 g/mol. The van der Waals surface area contributed by atoms with Gasteiger partial charge in [0.1, 0.15) is 5.76 Å². The Morgan fingerprint density at radius 2 is 2.00 bits per heavy atom. The molecule has 0 spiro atoms. The number of hydrogen-bond donors (Lipinski definition) is 1. The first-order valence-electron chi connectivity index (χ1n) is 5.61. The van der Waals surface area contributed by atoms with E-state index in [4.69, 9.17) is 10.2 Å². The smallest absolute Gasteiger partial charge is 0.120 e. The lowest BCUT2D eigenvalue weighted by molar-refractivity contribution is 0.452. The topological polar surface area (TPSA) is 39.2 Å². The van der Waals surface area contributed by atoms with Gasteiger partial charge in [0.05, 0.1) is 12.3 Å². The van der Waals surface area contributed by atoms with Crippen LogP contribution in [-0.2, 0) is 6.42 Å². The molecule has 0 fully saturated rings. The molecule has 1 atom stereocenters. The molecule has 84 valence electrons. The number of rotatable bonds is 4. The van der Waals surface area contributed by atoms with E-state index in [0.717, 1.165) is 18.6 Å². The van der Waals surface area contributed by atoms with E-state index in [1.54, 1.807) is 6.26 Å². The van der Waals surface area contributed by atoms with Crippen molar-refractivity contribution in [1.29, 1.82) is 0 Å². The van der Waals surface area contributed by atoms with Crippen molar-refractivity contribution in [2.45, 2.75) is 25.8 Å². The number of hydrogen-bond acceptors (Lipinski definition) is 2. The van der Waals surface area contributed by atoms with E-state index >= 15 is 0 Å². The fourth-order valence-electron chi connectivity index (χ4n) is 1.85. The van der Waals surface area contributed by atoms with E-state index in [9.17, 15) is 0 Å². The highest BCUT2D eigenvalue weighted by Crippen LogP contribution is 2.18. The van der Waals surface area contributed by atoms with Crippen molar-refractivity contribution in [2.24, 2.45) is 5.73 Å². The number of nitrogens with two attached hydrogens (primary N) is 1. The molecule has 0 aliphatic rings. The lowest BCUT2D eigenvalue weighted by atomic mass is 10.0.